The molecule has 1 aliphatic heterocycles. The van der Waals surface area contributed by atoms with Crippen LogP contribution in [-0.4, -0.2) is 29.8 Å². The Balaban J connectivity index is 2.27. The second-order valence-electron chi connectivity index (χ2n) is 6.72. The molecule has 0 bridgehead atoms. The van der Waals surface area contributed by atoms with E-state index in [9.17, 15) is 0 Å². The highest BCUT2D eigenvalue weighted by Crippen LogP contribution is 2.37. The van der Waals surface area contributed by atoms with Gasteiger partial charge in [0.2, 0.25) is 11.7 Å². The molecule has 0 aromatic carbocycles. The van der Waals surface area contributed by atoms with Gasteiger partial charge in [-0.25, -0.2) is 0 Å². The molecule has 1 N–H and O–H groups in total. The minimum absolute atomic E-state index is 0.000100. The van der Waals surface area contributed by atoms with E-state index in [0.717, 1.165) is 31.8 Å². The molecular weight excluding hydrogens is 254 g/mol. The summed E-state index contributed by atoms with van der Waals surface area (Å²) in [5, 5.41) is 7.60. The number of rotatable bonds is 5. The van der Waals surface area contributed by atoms with Gasteiger partial charge in [0.05, 0.1) is 5.41 Å². The van der Waals surface area contributed by atoms with Crippen molar-refractivity contribution in [2.45, 2.75) is 59.0 Å². The molecule has 5 nitrogen and oxygen atoms in total. The predicted octanol–water partition coefficient (Wildman–Crippen LogP) is 2.83. The van der Waals surface area contributed by atoms with Crippen LogP contribution in [0.3, 0.4) is 0 Å². The Hall–Kier alpha value is -0.940. The van der Waals surface area contributed by atoms with E-state index in [0.29, 0.717) is 12.4 Å². The number of nitrogens with one attached hydrogen (secondary N) is 1. The van der Waals surface area contributed by atoms with Crippen molar-refractivity contribution in [1.29, 1.82) is 0 Å². The standard InChI is InChI=1S/C15H27N3O2/c1-6-15(8-9-16-10-15)13-17-12(18-20-13)11(19-7-2)14(3,4)5/h11,16H,6-10H2,1-5H3. The highest BCUT2D eigenvalue weighted by Gasteiger charge is 2.40. The zero-order valence-corrected chi connectivity index (χ0v) is 13.3. The first kappa shape index (κ1) is 15.4. The minimum Gasteiger partial charge on any atom is -0.370 e. The maximum absolute atomic E-state index is 5.83. The van der Waals surface area contributed by atoms with Crippen LogP contribution < -0.4 is 5.32 Å². The normalized spacial score (nSPS) is 25.1. The predicted molar refractivity (Wildman–Crippen MR) is 77.6 cm³/mol. The molecule has 114 valence electrons. The Labute approximate surface area is 121 Å². The Morgan fingerprint density at radius 2 is 2.15 bits per heavy atom. The molecular formula is C15H27N3O2. The Morgan fingerprint density at radius 1 is 1.40 bits per heavy atom. The number of hydrogen-bond acceptors (Lipinski definition) is 5. The molecule has 1 aliphatic rings. The molecule has 1 aromatic rings. The third-order valence-electron chi connectivity index (χ3n) is 4.17. The molecule has 2 atom stereocenters. The van der Waals surface area contributed by atoms with E-state index in [2.05, 4.69) is 43.2 Å². The molecule has 2 rings (SSSR count). The van der Waals surface area contributed by atoms with E-state index in [4.69, 9.17) is 9.26 Å². The molecule has 0 aliphatic carbocycles. The van der Waals surface area contributed by atoms with Gasteiger partial charge in [-0.2, -0.15) is 4.98 Å². The number of hydrogen-bond donors (Lipinski definition) is 1. The van der Waals surface area contributed by atoms with E-state index < -0.39 is 0 Å². The van der Waals surface area contributed by atoms with Crippen LogP contribution in [-0.2, 0) is 10.2 Å². The van der Waals surface area contributed by atoms with Crippen molar-refractivity contribution >= 4 is 0 Å². The van der Waals surface area contributed by atoms with Gasteiger partial charge in [-0.15, -0.1) is 0 Å². The zero-order chi connectivity index (χ0) is 14.8. The molecule has 1 aromatic heterocycles. The first-order chi connectivity index (χ1) is 9.43. The fourth-order valence-electron chi connectivity index (χ4n) is 2.81. The molecule has 1 saturated heterocycles. The summed E-state index contributed by atoms with van der Waals surface area (Å²) in [5.74, 6) is 1.43. The van der Waals surface area contributed by atoms with Crippen LogP contribution >= 0.6 is 0 Å². The van der Waals surface area contributed by atoms with Crippen LogP contribution in [0, 0.1) is 5.41 Å². The largest absolute Gasteiger partial charge is 0.370 e. The number of aromatic nitrogens is 2. The van der Waals surface area contributed by atoms with Crippen LogP contribution in [0.25, 0.3) is 0 Å². The molecule has 5 heteroatoms. The van der Waals surface area contributed by atoms with Gasteiger partial charge < -0.3 is 14.6 Å². The summed E-state index contributed by atoms with van der Waals surface area (Å²) in [6.07, 6.45) is 1.93. The summed E-state index contributed by atoms with van der Waals surface area (Å²) in [4.78, 5) is 4.68. The third-order valence-corrected chi connectivity index (χ3v) is 4.17. The summed E-state index contributed by atoms with van der Waals surface area (Å²) in [6.45, 7) is 13.2. The molecule has 20 heavy (non-hydrogen) atoms. The van der Waals surface area contributed by atoms with Crippen molar-refractivity contribution in [2.75, 3.05) is 19.7 Å². The average molecular weight is 281 g/mol. The van der Waals surface area contributed by atoms with Gasteiger partial charge in [-0.05, 0) is 31.7 Å². The number of ether oxygens (including phenoxy) is 1. The SMILES string of the molecule is CCOC(c1noc(C2(CC)CCNC2)n1)C(C)(C)C. The third kappa shape index (κ3) is 2.88. The fraction of sp³-hybridized carbons (Fsp3) is 0.867. The van der Waals surface area contributed by atoms with Gasteiger partial charge >= 0.3 is 0 Å². The molecule has 0 spiro atoms. The Bertz CT molecular complexity index is 431. The van der Waals surface area contributed by atoms with Gasteiger partial charge in [0.15, 0.2) is 0 Å². The van der Waals surface area contributed by atoms with Crippen LogP contribution in [0.2, 0.25) is 0 Å². The van der Waals surface area contributed by atoms with Crippen molar-refractivity contribution in [3.8, 4) is 0 Å². The van der Waals surface area contributed by atoms with E-state index in [1.54, 1.807) is 0 Å². The van der Waals surface area contributed by atoms with Crippen molar-refractivity contribution in [1.82, 2.24) is 15.5 Å². The molecule has 0 saturated carbocycles. The van der Waals surface area contributed by atoms with E-state index in [1.165, 1.54) is 0 Å². The van der Waals surface area contributed by atoms with Gasteiger partial charge in [0.25, 0.3) is 0 Å². The van der Waals surface area contributed by atoms with Crippen LogP contribution in [0.1, 0.15) is 65.3 Å². The second kappa shape index (κ2) is 5.82. The topological polar surface area (TPSA) is 60.2 Å². The van der Waals surface area contributed by atoms with Crippen molar-refractivity contribution in [3.63, 3.8) is 0 Å². The summed E-state index contributed by atoms with van der Waals surface area (Å²) < 4.78 is 11.4. The second-order valence-corrected chi connectivity index (χ2v) is 6.72. The summed E-state index contributed by atoms with van der Waals surface area (Å²) >= 11 is 0. The lowest BCUT2D eigenvalue weighted by atomic mass is 9.84. The molecule has 2 heterocycles. The van der Waals surface area contributed by atoms with Crippen molar-refractivity contribution in [2.24, 2.45) is 5.41 Å². The first-order valence-electron chi connectivity index (χ1n) is 7.59. The van der Waals surface area contributed by atoms with Crippen molar-refractivity contribution < 1.29 is 9.26 Å². The number of nitrogens with zero attached hydrogens (tertiary/aromatic N) is 2. The van der Waals surface area contributed by atoms with Crippen LogP contribution in [0.4, 0.5) is 0 Å². The molecule has 0 radical (unpaired) electrons. The summed E-state index contributed by atoms with van der Waals surface area (Å²) in [7, 11) is 0. The van der Waals surface area contributed by atoms with Crippen molar-refractivity contribution in [3.05, 3.63) is 11.7 Å². The average Bonchev–Trinajstić information content (AvgIpc) is 3.03. The van der Waals surface area contributed by atoms with Gasteiger partial charge in [-0.3, -0.25) is 0 Å². The lowest BCUT2D eigenvalue weighted by molar-refractivity contribution is -0.0203. The van der Waals surface area contributed by atoms with Crippen LogP contribution in [0.5, 0.6) is 0 Å². The summed E-state index contributed by atoms with van der Waals surface area (Å²) in [6, 6.07) is 0. The molecule has 1 fully saturated rings. The maximum Gasteiger partial charge on any atom is 0.234 e. The van der Waals surface area contributed by atoms with Gasteiger partial charge in [0.1, 0.15) is 6.10 Å². The lowest BCUT2D eigenvalue weighted by Gasteiger charge is -2.27. The van der Waals surface area contributed by atoms with E-state index in [-0.39, 0.29) is 16.9 Å². The highest BCUT2D eigenvalue weighted by atomic mass is 16.5. The highest BCUT2D eigenvalue weighted by molar-refractivity contribution is 5.11. The van der Waals surface area contributed by atoms with Crippen LogP contribution in [0.15, 0.2) is 4.52 Å². The first-order valence-corrected chi connectivity index (χ1v) is 7.59. The van der Waals surface area contributed by atoms with Gasteiger partial charge in [-0.1, -0.05) is 32.9 Å². The van der Waals surface area contributed by atoms with E-state index >= 15 is 0 Å². The Kier molecular flexibility index (Phi) is 4.49. The quantitative estimate of drug-likeness (QED) is 0.899. The molecule has 2 unspecified atom stereocenters. The molecule has 0 amide bonds. The Morgan fingerprint density at radius 3 is 2.65 bits per heavy atom. The van der Waals surface area contributed by atoms with E-state index in [1.807, 2.05) is 6.92 Å². The van der Waals surface area contributed by atoms with Gasteiger partial charge in [0, 0.05) is 13.2 Å². The fourth-order valence-corrected chi connectivity index (χ4v) is 2.81. The summed E-state index contributed by atoms with van der Waals surface area (Å²) in [5.41, 5.74) is -0.0512. The minimum atomic E-state index is -0.131. The smallest absolute Gasteiger partial charge is 0.234 e. The monoisotopic (exact) mass is 281 g/mol. The maximum atomic E-state index is 5.83. The lowest BCUT2D eigenvalue weighted by Crippen LogP contribution is -2.29. The zero-order valence-electron chi connectivity index (χ0n) is 13.3.